The summed E-state index contributed by atoms with van der Waals surface area (Å²) in [6, 6.07) is 5.84. The Balaban J connectivity index is 2.25. The zero-order valence-electron chi connectivity index (χ0n) is 13.1. The summed E-state index contributed by atoms with van der Waals surface area (Å²) in [5.74, 6) is -0.337. The molecule has 1 saturated carbocycles. The van der Waals surface area contributed by atoms with Crippen LogP contribution in [-0.2, 0) is 15.7 Å². The van der Waals surface area contributed by atoms with E-state index in [1.807, 2.05) is 14.1 Å². The lowest BCUT2D eigenvalue weighted by Gasteiger charge is -2.43. The molecule has 0 unspecified atom stereocenters. The molecule has 8 heteroatoms. The molecule has 1 aromatic carbocycles. The number of rotatable bonds is 4. The van der Waals surface area contributed by atoms with Gasteiger partial charge in [-0.05, 0) is 44.6 Å². The standard InChI is InChI=1S/C15H20F3NO3S/c1-19(2)14(10-4-3-5-11-14)12-6-8-13(9-7-12)22-23(20,21)15(16,17)18/h6-9H,3-5,10-11H2,1-2H3. The molecular weight excluding hydrogens is 331 g/mol. The summed E-state index contributed by atoms with van der Waals surface area (Å²) >= 11 is 0. The summed E-state index contributed by atoms with van der Waals surface area (Å²) in [5, 5.41) is 0. The average Bonchev–Trinajstić information content (AvgIpc) is 2.47. The zero-order chi connectivity index (χ0) is 17.3. The molecule has 0 amide bonds. The Labute approximate surface area is 134 Å². The van der Waals surface area contributed by atoms with Crippen LogP contribution in [0.5, 0.6) is 5.75 Å². The molecule has 1 aliphatic carbocycles. The largest absolute Gasteiger partial charge is 0.534 e. The van der Waals surface area contributed by atoms with Crippen LogP contribution in [0.15, 0.2) is 24.3 Å². The Hall–Kier alpha value is -1.28. The predicted molar refractivity (Wildman–Crippen MR) is 80.5 cm³/mol. The van der Waals surface area contributed by atoms with E-state index in [4.69, 9.17) is 0 Å². The molecule has 0 aromatic heterocycles. The maximum atomic E-state index is 12.3. The van der Waals surface area contributed by atoms with Crippen LogP contribution < -0.4 is 4.18 Å². The van der Waals surface area contributed by atoms with Gasteiger partial charge in [0.05, 0.1) is 0 Å². The molecule has 0 N–H and O–H groups in total. The molecule has 0 aliphatic heterocycles. The maximum absolute atomic E-state index is 12.3. The van der Waals surface area contributed by atoms with Crippen LogP contribution in [0.2, 0.25) is 0 Å². The van der Waals surface area contributed by atoms with Gasteiger partial charge in [-0.25, -0.2) is 0 Å². The molecule has 1 fully saturated rings. The van der Waals surface area contributed by atoms with Gasteiger partial charge in [-0.1, -0.05) is 31.4 Å². The van der Waals surface area contributed by atoms with Crippen molar-refractivity contribution in [2.45, 2.75) is 43.2 Å². The molecule has 2 rings (SSSR count). The molecule has 1 aromatic rings. The number of benzene rings is 1. The topological polar surface area (TPSA) is 46.6 Å². The lowest BCUT2D eigenvalue weighted by atomic mass is 9.76. The van der Waals surface area contributed by atoms with Gasteiger partial charge in [0.25, 0.3) is 0 Å². The van der Waals surface area contributed by atoms with Crippen LogP contribution in [0.3, 0.4) is 0 Å². The van der Waals surface area contributed by atoms with Gasteiger partial charge in [0.2, 0.25) is 0 Å². The minimum atomic E-state index is -5.63. The van der Waals surface area contributed by atoms with Gasteiger partial charge in [0.15, 0.2) is 0 Å². The number of hydrogen-bond acceptors (Lipinski definition) is 4. The third kappa shape index (κ3) is 3.63. The summed E-state index contributed by atoms with van der Waals surface area (Å²) in [6.07, 6.45) is 5.25. The fourth-order valence-electron chi connectivity index (χ4n) is 3.13. The van der Waals surface area contributed by atoms with E-state index in [1.165, 1.54) is 18.6 Å². The third-order valence-electron chi connectivity index (χ3n) is 4.42. The van der Waals surface area contributed by atoms with E-state index in [9.17, 15) is 21.6 Å². The van der Waals surface area contributed by atoms with E-state index in [1.54, 1.807) is 12.1 Å². The summed E-state index contributed by atoms with van der Waals surface area (Å²) in [6.45, 7) is 0. The van der Waals surface area contributed by atoms with Gasteiger partial charge in [0, 0.05) is 5.54 Å². The SMILES string of the molecule is CN(C)C1(c2ccc(OS(=O)(=O)C(F)(F)F)cc2)CCCCC1. The number of alkyl halides is 3. The molecule has 0 bridgehead atoms. The maximum Gasteiger partial charge on any atom is 0.534 e. The molecule has 0 saturated heterocycles. The second kappa shape index (κ2) is 6.32. The first kappa shape index (κ1) is 18.1. The van der Waals surface area contributed by atoms with Crippen LogP contribution in [-0.4, -0.2) is 32.9 Å². The molecule has 130 valence electrons. The molecule has 23 heavy (non-hydrogen) atoms. The predicted octanol–water partition coefficient (Wildman–Crippen LogP) is 3.64. The van der Waals surface area contributed by atoms with Gasteiger partial charge in [-0.3, -0.25) is 4.90 Å². The van der Waals surface area contributed by atoms with Crippen LogP contribution in [0, 0.1) is 0 Å². The first-order chi connectivity index (χ1) is 10.6. The minimum absolute atomic E-state index is 0.167. The molecule has 1 aliphatic rings. The van der Waals surface area contributed by atoms with Crippen molar-refractivity contribution in [1.29, 1.82) is 0 Å². The van der Waals surface area contributed by atoms with Crippen molar-refractivity contribution in [2.75, 3.05) is 14.1 Å². The monoisotopic (exact) mass is 351 g/mol. The van der Waals surface area contributed by atoms with Crippen LogP contribution in [0.25, 0.3) is 0 Å². The first-order valence-electron chi connectivity index (χ1n) is 7.37. The second-order valence-corrected chi connectivity index (χ2v) is 7.53. The van der Waals surface area contributed by atoms with Crippen molar-refractivity contribution in [3.63, 3.8) is 0 Å². The summed E-state index contributed by atoms with van der Waals surface area (Å²) in [5.41, 5.74) is -4.64. The van der Waals surface area contributed by atoms with Crippen molar-refractivity contribution in [3.8, 4) is 5.75 Å². The Kier molecular flexibility index (Phi) is 4.96. The van der Waals surface area contributed by atoms with Crippen molar-refractivity contribution < 1.29 is 25.8 Å². The normalized spacial score (nSPS) is 18.9. The van der Waals surface area contributed by atoms with Gasteiger partial charge in [-0.2, -0.15) is 21.6 Å². The fraction of sp³-hybridized carbons (Fsp3) is 0.600. The highest BCUT2D eigenvalue weighted by molar-refractivity contribution is 7.87. The molecule has 0 radical (unpaired) electrons. The first-order valence-corrected chi connectivity index (χ1v) is 8.78. The quantitative estimate of drug-likeness (QED) is 0.614. The highest BCUT2D eigenvalue weighted by Crippen LogP contribution is 2.41. The summed E-state index contributed by atoms with van der Waals surface area (Å²) in [7, 11) is -1.68. The van der Waals surface area contributed by atoms with E-state index in [0.29, 0.717) is 0 Å². The van der Waals surface area contributed by atoms with Crippen LogP contribution in [0.4, 0.5) is 13.2 Å². The van der Waals surface area contributed by atoms with Crippen molar-refractivity contribution >= 4 is 10.1 Å². The van der Waals surface area contributed by atoms with Crippen LogP contribution >= 0.6 is 0 Å². The van der Waals surface area contributed by atoms with E-state index in [0.717, 1.165) is 31.2 Å². The van der Waals surface area contributed by atoms with Gasteiger partial charge in [0.1, 0.15) is 5.75 Å². The number of hydrogen-bond donors (Lipinski definition) is 0. The molecule has 0 heterocycles. The summed E-state index contributed by atoms with van der Waals surface area (Å²) in [4.78, 5) is 2.12. The van der Waals surface area contributed by atoms with Crippen molar-refractivity contribution in [1.82, 2.24) is 4.90 Å². The Morgan fingerprint density at radius 3 is 2.00 bits per heavy atom. The molecule has 4 nitrogen and oxygen atoms in total. The smallest absolute Gasteiger partial charge is 0.376 e. The highest BCUT2D eigenvalue weighted by Gasteiger charge is 2.48. The fourth-order valence-corrected chi connectivity index (χ4v) is 3.58. The average molecular weight is 351 g/mol. The second-order valence-electron chi connectivity index (χ2n) is 5.99. The van der Waals surface area contributed by atoms with Gasteiger partial charge >= 0.3 is 15.6 Å². The Morgan fingerprint density at radius 1 is 1.04 bits per heavy atom. The molecule has 0 atom stereocenters. The van der Waals surface area contributed by atoms with Crippen molar-refractivity contribution in [2.24, 2.45) is 0 Å². The Bertz CT molecular complexity index is 633. The van der Waals surface area contributed by atoms with Gasteiger partial charge < -0.3 is 4.18 Å². The number of nitrogens with zero attached hydrogens (tertiary/aromatic N) is 1. The van der Waals surface area contributed by atoms with Crippen molar-refractivity contribution in [3.05, 3.63) is 29.8 Å². The molecule has 0 spiro atoms. The van der Waals surface area contributed by atoms with E-state index >= 15 is 0 Å². The van der Waals surface area contributed by atoms with Gasteiger partial charge in [-0.15, -0.1) is 0 Å². The minimum Gasteiger partial charge on any atom is -0.376 e. The highest BCUT2D eigenvalue weighted by atomic mass is 32.2. The molecular formula is C15H20F3NO3S. The zero-order valence-corrected chi connectivity index (χ0v) is 13.9. The van der Waals surface area contributed by atoms with E-state index < -0.39 is 15.6 Å². The lowest BCUT2D eigenvalue weighted by molar-refractivity contribution is -0.0500. The number of halogens is 3. The lowest BCUT2D eigenvalue weighted by Crippen LogP contribution is -2.43. The van der Waals surface area contributed by atoms with Crippen LogP contribution in [0.1, 0.15) is 37.7 Å². The van der Waals surface area contributed by atoms with E-state index in [2.05, 4.69) is 9.08 Å². The Morgan fingerprint density at radius 2 is 1.57 bits per heavy atom. The van der Waals surface area contributed by atoms with E-state index in [-0.39, 0.29) is 11.3 Å². The third-order valence-corrected chi connectivity index (χ3v) is 5.40. The summed E-state index contributed by atoms with van der Waals surface area (Å²) < 4.78 is 63.2.